The van der Waals surface area contributed by atoms with Crippen LogP contribution in [0.3, 0.4) is 0 Å². The molecule has 0 saturated carbocycles. The monoisotopic (exact) mass is 318 g/mol. The molecule has 0 aromatic rings. The number of carboxylic acid groups (broad SMARTS) is 1. The maximum absolute atomic E-state index is 12.1. The molecule has 0 bridgehead atoms. The Labute approximate surface area is 124 Å². The van der Waals surface area contributed by atoms with Gasteiger partial charge in [0.15, 0.2) is 9.84 Å². The van der Waals surface area contributed by atoms with Crippen LogP contribution in [-0.4, -0.2) is 61.6 Å². The highest BCUT2D eigenvalue weighted by molar-refractivity contribution is 7.91. The third kappa shape index (κ3) is 4.87. The van der Waals surface area contributed by atoms with Crippen LogP contribution in [0.2, 0.25) is 0 Å². The van der Waals surface area contributed by atoms with Gasteiger partial charge in [0.05, 0.1) is 11.5 Å². The number of piperidine rings is 1. The van der Waals surface area contributed by atoms with Crippen molar-refractivity contribution in [3.63, 3.8) is 0 Å². The van der Waals surface area contributed by atoms with Crippen molar-refractivity contribution in [3.05, 3.63) is 0 Å². The maximum atomic E-state index is 12.1. The Balaban J connectivity index is 1.76. The van der Waals surface area contributed by atoms with Crippen LogP contribution in [0.5, 0.6) is 0 Å². The summed E-state index contributed by atoms with van der Waals surface area (Å²) in [7, 11) is -2.92. The number of carbonyl (C=O) groups is 2. The van der Waals surface area contributed by atoms with Crippen LogP contribution in [0.25, 0.3) is 0 Å². The van der Waals surface area contributed by atoms with Crippen molar-refractivity contribution >= 4 is 21.8 Å². The fourth-order valence-corrected chi connectivity index (χ4v) is 4.90. The first kappa shape index (κ1) is 16.1. The summed E-state index contributed by atoms with van der Waals surface area (Å²) in [6, 6.07) is -0.214. The Hall–Kier alpha value is -1.31. The zero-order valence-corrected chi connectivity index (χ0v) is 12.8. The lowest BCUT2D eigenvalue weighted by atomic mass is 9.95. The normalized spacial score (nSPS) is 28.3. The van der Waals surface area contributed by atoms with Crippen molar-refractivity contribution in [1.29, 1.82) is 0 Å². The topological polar surface area (TPSA) is 104 Å². The molecule has 2 aliphatic rings. The second-order valence-electron chi connectivity index (χ2n) is 6.01. The van der Waals surface area contributed by atoms with E-state index < -0.39 is 15.8 Å². The SMILES string of the molecule is O=C(O)CC1CCCN(C(=O)NCC2CCS(=O)(=O)C2)C1. The molecule has 0 aromatic carbocycles. The summed E-state index contributed by atoms with van der Waals surface area (Å²) in [5.41, 5.74) is 0. The van der Waals surface area contributed by atoms with E-state index in [1.54, 1.807) is 4.90 Å². The molecule has 2 heterocycles. The van der Waals surface area contributed by atoms with E-state index in [0.717, 1.165) is 12.8 Å². The molecule has 2 atom stereocenters. The number of urea groups is 1. The molecule has 2 unspecified atom stereocenters. The molecule has 21 heavy (non-hydrogen) atoms. The van der Waals surface area contributed by atoms with E-state index in [2.05, 4.69) is 5.32 Å². The Morgan fingerprint density at radius 2 is 2.00 bits per heavy atom. The van der Waals surface area contributed by atoms with Gasteiger partial charge in [0.2, 0.25) is 0 Å². The molecule has 8 heteroatoms. The standard InChI is InChI=1S/C13H22N2O5S/c16-12(17)6-10-2-1-4-15(8-10)13(18)14-7-11-3-5-21(19,20)9-11/h10-11H,1-9H2,(H,14,18)(H,16,17). The molecule has 0 aliphatic carbocycles. The number of hydrogen-bond donors (Lipinski definition) is 2. The minimum absolute atomic E-state index is 0.00134. The van der Waals surface area contributed by atoms with E-state index in [9.17, 15) is 18.0 Å². The highest BCUT2D eigenvalue weighted by Crippen LogP contribution is 2.20. The molecular formula is C13H22N2O5S. The third-order valence-electron chi connectivity index (χ3n) is 4.14. The predicted octanol–water partition coefficient (Wildman–Crippen LogP) is 0.317. The fraction of sp³-hybridized carbons (Fsp3) is 0.846. The zero-order chi connectivity index (χ0) is 15.5. The average Bonchev–Trinajstić information content (AvgIpc) is 2.75. The lowest BCUT2D eigenvalue weighted by molar-refractivity contribution is -0.138. The van der Waals surface area contributed by atoms with E-state index >= 15 is 0 Å². The number of aliphatic carboxylic acids is 1. The first-order valence-electron chi connectivity index (χ1n) is 7.31. The Kier molecular flexibility index (Phi) is 5.08. The lowest BCUT2D eigenvalue weighted by Crippen LogP contribution is -2.47. The number of nitrogens with zero attached hydrogens (tertiary/aromatic N) is 1. The van der Waals surface area contributed by atoms with Crippen LogP contribution >= 0.6 is 0 Å². The van der Waals surface area contributed by atoms with Gasteiger partial charge >= 0.3 is 12.0 Å². The second-order valence-corrected chi connectivity index (χ2v) is 8.24. The third-order valence-corrected chi connectivity index (χ3v) is 5.98. The summed E-state index contributed by atoms with van der Waals surface area (Å²) in [6.45, 7) is 1.46. The van der Waals surface area contributed by atoms with Gasteiger partial charge in [0.25, 0.3) is 0 Å². The van der Waals surface area contributed by atoms with Gasteiger partial charge in [-0.1, -0.05) is 0 Å². The maximum Gasteiger partial charge on any atom is 0.317 e. The van der Waals surface area contributed by atoms with E-state index in [0.29, 0.717) is 26.1 Å². The quantitative estimate of drug-likeness (QED) is 0.777. The van der Waals surface area contributed by atoms with Crippen molar-refractivity contribution in [3.8, 4) is 0 Å². The fourth-order valence-electron chi connectivity index (χ4n) is 3.04. The molecule has 0 radical (unpaired) electrons. The minimum atomic E-state index is -2.92. The Bertz CT molecular complexity index is 505. The van der Waals surface area contributed by atoms with Crippen LogP contribution in [0.4, 0.5) is 4.79 Å². The number of amides is 2. The predicted molar refractivity (Wildman–Crippen MR) is 76.7 cm³/mol. The van der Waals surface area contributed by atoms with Gasteiger partial charge in [-0.2, -0.15) is 0 Å². The first-order chi connectivity index (χ1) is 9.85. The number of hydrogen-bond acceptors (Lipinski definition) is 4. The lowest BCUT2D eigenvalue weighted by Gasteiger charge is -2.32. The van der Waals surface area contributed by atoms with Crippen LogP contribution in [0.15, 0.2) is 0 Å². The van der Waals surface area contributed by atoms with Gasteiger partial charge in [-0.05, 0) is 31.1 Å². The number of nitrogens with one attached hydrogen (secondary N) is 1. The second kappa shape index (κ2) is 6.64. The van der Waals surface area contributed by atoms with Gasteiger partial charge in [-0.25, -0.2) is 13.2 Å². The Morgan fingerprint density at radius 1 is 1.24 bits per heavy atom. The average molecular weight is 318 g/mol. The van der Waals surface area contributed by atoms with Crippen molar-refractivity contribution in [1.82, 2.24) is 10.2 Å². The van der Waals surface area contributed by atoms with Crippen LogP contribution in [0.1, 0.15) is 25.7 Å². The molecule has 2 fully saturated rings. The highest BCUT2D eigenvalue weighted by atomic mass is 32.2. The van der Waals surface area contributed by atoms with Crippen molar-refractivity contribution in [2.75, 3.05) is 31.1 Å². The minimum Gasteiger partial charge on any atom is -0.481 e. The summed E-state index contributed by atoms with van der Waals surface area (Å²) in [5, 5.41) is 11.6. The zero-order valence-electron chi connectivity index (χ0n) is 12.0. The molecule has 120 valence electrons. The molecular weight excluding hydrogens is 296 g/mol. The molecule has 2 N–H and O–H groups in total. The number of carbonyl (C=O) groups excluding carboxylic acids is 1. The summed E-state index contributed by atoms with van der Waals surface area (Å²) in [6.07, 6.45) is 2.33. The van der Waals surface area contributed by atoms with E-state index in [1.165, 1.54) is 0 Å². The highest BCUT2D eigenvalue weighted by Gasteiger charge is 2.29. The van der Waals surface area contributed by atoms with Gasteiger partial charge < -0.3 is 15.3 Å². The molecule has 2 saturated heterocycles. The Morgan fingerprint density at radius 3 is 2.62 bits per heavy atom. The molecule has 2 amide bonds. The number of rotatable bonds is 4. The van der Waals surface area contributed by atoms with E-state index in [4.69, 9.17) is 5.11 Å². The van der Waals surface area contributed by atoms with Crippen LogP contribution in [0, 0.1) is 11.8 Å². The van der Waals surface area contributed by atoms with E-state index in [1.807, 2.05) is 0 Å². The number of likely N-dealkylation sites (tertiary alicyclic amines) is 1. The molecule has 2 rings (SSSR count). The van der Waals surface area contributed by atoms with Crippen LogP contribution in [-0.2, 0) is 14.6 Å². The summed E-state index contributed by atoms with van der Waals surface area (Å²) >= 11 is 0. The first-order valence-corrected chi connectivity index (χ1v) is 9.13. The van der Waals surface area contributed by atoms with Gasteiger partial charge in [-0.15, -0.1) is 0 Å². The molecule has 0 aromatic heterocycles. The number of sulfone groups is 1. The van der Waals surface area contributed by atoms with Gasteiger partial charge in [0.1, 0.15) is 0 Å². The summed E-state index contributed by atoms with van der Waals surface area (Å²) in [4.78, 5) is 24.4. The number of carboxylic acids is 1. The van der Waals surface area contributed by atoms with Gasteiger partial charge in [0, 0.05) is 26.1 Å². The van der Waals surface area contributed by atoms with Crippen molar-refractivity contribution < 1.29 is 23.1 Å². The van der Waals surface area contributed by atoms with Gasteiger partial charge in [-0.3, -0.25) is 4.79 Å². The smallest absolute Gasteiger partial charge is 0.317 e. The van der Waals surface area contributed by atoms with Crippen LogP contribution < -0.4 is 5.32 Å². The molecule has 2 aliphatic heterocycles. The largest absolute Gasteiger partial charge is 0.481 e. The van der Waals surface area contributed by atoms with Crippen molar-refractivity contribution in [2.24, 2.45) is 11.8 Å². The van der Waals surface area contributed by atoms with Crippen molar-refractivity contribution in [2.45, 2.75) is 25.7 Å². The molecule has 7 nitrogen and oxygen atoms in total. The summed E-state index contributed by atoms with van der Waals surface area (Å²) in [5.74, 6) is -0.474. The molecule has 0 spiro atoms. The summed E-state index contributed by atoms with van der Waals surface area (Å²) < 4.78 is 22.7. The van der Waals surface area contributed by atoms with E-state index in [-0.39, 0.29) is 35.8 Å².